The molecule has 1 amide bonds. The van der Waals surface area contributed by atoms with E-state index in [1.807, 2.05) is 63.6 Å². The molecule has 0 bridgehead atoms. The van der Waals surface area contributed by atoms with Crippen molar-refractivity contribution in [2.24, 2.45) is 0 Å². The van der Waals surface area contributed by atoms with Crippen molar-refractivity contribution in [1.82, 2.24) is 14.7 Å². The lowest BCUT2D eigenvalue weighted by molar-refractivity contribution is 0.0725. The standard InChI is InChI=1S/C19H19N3OS/c23-19(21-11-5-2-6-12-21)16-14-22(15-8-3-1-4-9-15)20-18(16)17-10-7-13-24-17/h1,3-4,7-10,13-14H,2,5-6,11-12H2. The van der Waals surface area contributed by atoms with Gasteiger partial charge < -0.3 is 4.90 Å². The van der Waals surface area contributed by atoms with E-state index in [1.54, 1.807) is 11.3 Å². The summed E-state index contributed by atoms with van der Waals surface area (Å²) < 4.78 is 1.81. The van der Waals surface area contributed by atoms with Crippen molar-refractivity contribution in [2.45, 2.75) is 19.3 Å². The van der Waals surface area contributed by atoms with Gasteiger partial charge in [0.25, 0.3) is 5.91 Å². The molecule has 4 rings (SSSR count). The van der Waals surface area contributed by atoms with Gasteiger partial charge in [-0.1, -0.05) is 24.3 Å². The molecule has 0 atom stereocenters. The minimum Gasteiger partial charge on any atom is -0.339 e. The Bertz CT molecular complexity index is 818. The maximum atomic E-state index is 13.0. The molecule has 2 aromatic heterocycles. The fourth-order valence-electron chi connectivity index (χ4n) is 3.11. The number of benzene rings is 1. The van der Waals surface area contributed by atoms with Gasteiger partial charge in [0.1, 0.15) is 5.69 Å². The Balaban J connectivity index is 1.76. The summed E-state index contributed by atoms with van der Waals surface area (Å²) >= 11 is 1.62. The van der Waals surface area contributed by atoms with Crippen molar-refractivity contribution in [3.63, 3.8) is 0 Å². The van der Waals surface area contributed by atoms with E-state index in [9.17, 15) is 4.79 Å². The van der Waals surface area contributed by atoms with Crippen LogP contribution in [0.15, 0.2) is 54.0 Å². The molecule has 1 aromatic carbocycles. The van der Waals surface area contributed by atoms with Gasteiger partial charge in [0.2, 0.25) is 0 Å². The average molecular weight is 337 g/mol. The van der Waals surface area contributed by atoms with Crippen LogP contribution in [-0.2, 0) is 0 Å². The first-order valence-electron chi connectivity index (χ1n) is 8.31. The lowest BCUT2D eigenvalue weighted by Crippen LogP contribution is -2.35. The number of para-hydroxylation sites is 1. The van der Waals surface area contributed by atoms with Crippen molar-refractivity contribution in [3.8, 4) is 16.3 Å². The van der Waals surface area contributed by atoms with Gasteiger partial charge in [0.15, 0.2) is 0 Å². The van der Waals surface area contributed by atoms with Crippen LogP contribution in [0.2, 0.25) is 0 Å². The molecule has 1 saturated heterocycles. The van der Waals surface area contributed by atoms with Crippen LogP contribution >= 0.6 is 11.3 Å². The van der Waals surface area contributed by atoms with Crippen LogP contribution in [0, 0.1) is 0 Å². The minimum absolute atomic E-state index is 0.0975. The Kier molecular flexibility index (Phi) is 4.17. The molecule has 4 nitrogen and oxygen atoms in total. The molecular weight excluding hydrogens is 318 g/mol. The van der Waals surface area contributed by atoms with E-state index in [2.05, 4.69) is 0 Å². The Hall–Kier alpha value is -2.40. The van der Waals surface area contributed by atoms with Crippen LogP contribution in [0.5, 0.6) is 0 Å². The van der Waals surface area contributed by atoms with Gasteiger partial charge in [0.05, 0.1) is 16.1 Å². The minimum atomic E-state index is 0.0975. The molecule has 0 saturated carbocycles. The molecular formula is C19H19N3OS. The molecule has 0 unspecified atom stereocenters. The molecule has 24 heavy (non-hydrogen) atoms. The highest BCUT2D eigenvalue weighted by molar-refractivity contribution is 7.13. The monoisotopic (exact) mass is 337 g/mol. The second kappa shape index (κ2) is 6.61. The zero-order chi connectivity index (χ0) is 16.4. The quantitative estimate of drug-likeness (QED) is 0.717. The molecule has 0 aliphatic carbocycles. The Morgan fingerprint density at radius 2 is 1.79 bits per heavy atom. The van der Waals surface area contributed by atoms with E-state index < -0.39 is 0 Å². The summed E-state index contributed by atoms with van der Waals surface area (Å²) in [6, 6.07) is 14.0. The first kappa shape index (κ1) is 15.1. The van der Waals surface area contributed by atoms with Crippen LogP contribution in [0.3, 0.4) is 0 Å². The number of aromatic nitrogens is 2. The van der Waals surface area contributed by atoms with Gasteiger partial charge in [-0.2, -0.15) is 5.10 Å². The van der Waals surface area contributed by atoms with Crippen molar-refractivity contribution in [1.29, 1.82) is 0 Å². The fraction of sp³-hybridized carbons (Fsp3) is 0.263. The first-order valence-corrected chi connectivity index (χ1v) is 9.19. The normalized spacial score (nSPS) is 14.8. The summed E-state index contributed by atoms with van der Waals surface area (Å²) in [5, 5.41) is 6.74. The fourth-order valence-corrected chi connectivity index (χ4v) is 3.83. The third-order valence-electron chi connectivity index (χ3n) is 4.36. The molecule has 122 valence electrons. The number of nitrogens with zero attached hydrogens (tertiary/aromatic N) is 3. The number of thiophene rings is 1. The van der Waals surface area contributed by atoms with E-state index >= 15 is 0 Å². The number of carbonyl (C=O) groups excluding carboxylic acids is 1. The topological polar surface area (TPSA) is 38.1 Å². The molecule has 1 fully saturated rings. The van der Waals surface area contributed by atoms with Gasteiger partial charge >= 0.3 is 0 Å². The van der Waals surface area contributed by atoms with Crippen LogP contribution in [0.1, 0.15) is 29.6 Å². The summed E-state index contributed by atoms with van der Waals surface area (Å²) in [4.78, 5) is 16.0. The smallest absolute Gasteiger partial charge is 0.257 e. The maximum Gasteiger partial charge on any atom is 0.257 e. The van der Waals surface area contributed by atoms with E-state index in [0.29, 0.717) is 5.56 Å². The Morgan fingerprint density at radius 1 is 1.00 bits per heavy atom. The molecule has 1 aliphatic rings. The number of rotatable bonds is 3. The molecule has 5 heteroatoms. The summed E-state index contributed by atoms with van der Waals surface area (Å²) in [6.45, 7) is 1.69. The predicted octanol–water partition coefficient (Wildman–Crippen LogP) is 4.23. The van der Waals surface area contributed by atoms with Gasteiger partial charge in [-0.25, -0.2) is 4.68 Å². The second-order valence-electron chi connectivity index (χ2n) is 6.00. The SMILES string of the molecule is O=C(c1cn(-c2ccccc2)nc1-c1cccs1)N1CCCCC1. The summed E-state index contributed by atoms with van der Waals surface area (Å²) in [5.41, 5.74) is 2.45. The zero-order valence-corrected chi connectivity index (χ0v) is 14.2. The van der Waals surface area contributed by atoms with Crippen molar-refractivity contribution < 1.29 is 4.79 Å². The third-order valence-corrected chi connectivity index (χ3v) is 5.24. The molecule has 0 N–H and O–H groups in total. The highest BCUT2D eigenvalue weighted by Crippen LogP contribution is 2.29. The molecule has 1 aliphatic heterocycles. The van der Waals surface area contributed by atoms with E-state index in [1.165, 1.54) is 6.42 Å². The third kappa shape index (κ3) is 2.87. The first-order chi connectivity index (χ1) is 11.8. The number of amides is 1. The van der Waals surface area contributed by atoms with E-state index in [-0.39, 0.29) is 5.91 Å². The second-order valence-corrected chi connectivity index (χ2v) is 6.95. The van der Waals surface area contributed by atoms with Crippen molar-refractivity contribution in [3.05, 3.63) is 59.6 Å². The summed E-state index contributed by atoms with van der Waals surface area (Å²) in [6.07, 6.45) is 5.27. The number of carbonyl (C=O) groups is 1. The highest BCUT2D eigenvalue weighted by Gasteiger charge is 2.24. The molecule has 3 aromatic rings. The van der Waals surface area contributed by atoms with Gasteiger partial charge in [0, 0.05) is 19.3 Å². The van der Waals surface area contributed by atoms with Gasteiger partial charge in [-0.05, 0) is 42.8 Å². The van der Waals surface area contributed by atoms with Gasteiger partial charge in [-0.15, -0.1) is 11.3 Å². The largest absolute Gasteiger partial charge is 0.339 e. The van der Waals surface area contributed by atoms with E-state index in [0.717, 1.165) is 42.2 Å². The van der Waals surface area contributed by atoms with E-state index in [4.69, 9.17) is 5.10 Å². The zero-order valence-electron chi connectivity index (χ0n) is 13.4. The average Bonchev–Trinajstić information content (AvgIpc) is 3.32. The Morgan fingerprint density at radius 3 is 2.50 bits per heavy atom. The number of hydrogen-bond acceptors (Lipinski definition) is 3. The maximum absolute atomic E-state index is 13.0. The summed E-state index contributed by atoms with van der Waals surface area (Å²) in [5.74, 6) is 0.0975. The number of likely N-dealkylation sites (tertiary alicyclic amines) is 1. The van der Waals surface area contributed by atoms with Crippen LogP contribution < -0.4 is 0 Å². The number of piperidine rings is 1. The van der Waals surface area contributed by atoms with Gasteiger partial charge in [-0.3, -0.25) is 4.79 Å². The van der Waals surface area contributed by atoms with Crippen LogP contribution in [0.4, 0.5) is 0 Å². The number of hydrogen-bond donors (Lipinski definition) is 0. The lowest BCUT2D eigenvalue weighted by atomic mass is 10.1. The van der Waals surface area contributed by atoms with Crippen LogP contribution in [0.25, 0.3) is 16.3 Å². The summed E-state index contributed by atoms with van der Waals surface area (Å²) in [7, 11) is 0. The van der Waals surface area contributed by atoms with Crippen molar-refractivity contribution >= 4 is 17.2 Å². The van der Waals surface area contributed by atoms with Crippen molar-refractivity contribution in [2.75, 3.05) is 13.1 Å². The molecule has 3 heterocycles. The Labute approximate surface area is 145 Å². The lowest BCUT2D eigenvalue weighted by Gasteiger charge is -2.26. The molecule has 0 radical (unpaired) electrons. The predicted molar refractivity (Wildman–Crippen MR) is 96.6 cm³/mol. The highest BCUT2D eigenvalue weighted by atomic mass is 32.1. The molecule has 0 spiro atoms. The van der Waals surface area contributed by atoms with Crippen LogP contribution in [-0.4, -0.2) is 33.7 Å².